The molecule has 0 aliphatic carbocycles. The van der Waals surface area contributed by atoms with Crippen LogP contribution in [-0.2, 0) is 9.53 Å². The summed E-state index contributed by atoms with van der Waals surface area (Å²) in [4.78, 5) is 14.7. The largest absolute Gasteiger partial charge is 0.460 e. The predicted octanol–water partition coefficient (Wildman–Crippen LogP) is 2.97. The summed E-state index contributed by atoms with van der Waals surface area (Å²) in [5.41, 5.74) is 0.659. The first kappa shape index (κ1) is 11.7. The molecule has 0 amide bonds. The molecule has 0 radical (unpaired) electrons. The number of carbonyl (C=O) groups is 1. The van der Waals surface area contributed by atoms with Gasteiger partial charge in [0.05, 0.1) is 6.61 Å². The van der Waals surface area contributed by atoms with Crippen molar-refractivity contribution in [3.05, 3.63) is 45.7 Å². The molecule has 0 saturated heterocycles. The Hall–Kier alpha value is -1.34. The lowest BCUT2D eigenvalue weighted by Gasteiger charge is -2.04. The first-order valence-electron chi connectivity index (χ1n) is 4.47. The minimum absolute atomic E-state index is 0.293. The summed E-state index contributed by atoms with van der Waals surface area (Å²) < 4.78 is 5.73. The smallest absolute Gasteiger partial charge is 0.395 e. The van der Waals surface area contributed by atoms with Crippen LogP contribution in [0.5, 0.6) is 0 Å². The molecule has 0 aromatic heterocycles. The molecule has 0 aliphatic heterocycles. The van der Waals surface area contributed by atoms with Gasteiger partial charge < -0.3 is 4.74 Å². The Morgan fingerprint density at radius 3 is 2.60 bits per heavy atom. The number of esters is 1. The Kier molecular flexibility index (Phi) is 4.32. The van der Waals surface area contributed by atoms with E-state index >= 15 is 0 Å². The average molecular weight is 268 g/mol. The monoisotopic (exact) mass is 267 g/mol. The quantitative estimate of drug-likeness (QED) is 0.623. The summed E-state index contributed by atoms with van der Waals surface area (Å²) in [6.07, 6.45) is 0. The van der Waals surface area contributed by atoms with Gasteiger partial charge in [0.2, 0.25) is 0 Å². The summed E-state index contributed by atoms with van der Waals surface area (Å²) in [5.74, 6) is -0.491. The Morgan fingerprint density at radius 2 is 2.13 bits per heavy atom. The number of benzene rings is 1. The fourth-order valence-electron chi connectivity index (χ4n) is 1.13. The minimum atomic E-state index is -0.849. The zero-order chi connectivity index (χ0) is 11.3. The van der Waals surface area contributed by atoms with Crippen molar-refractivity contribution in [1.82, 2.24) is 0 Å². The van der Waals surface area contributed by atoms with Gasteiger partial charge in [-0.1, -0.05) is 15.9 Å². The van der Waals surface area contributed by atoms with Gasteiger partial charge in [0.25, 0.3) is 0 Å². The molecule has 0 bridgehead atoms. The van der Waals surface area contributed by atoms with E-state index in [2.05, 4.69) is 20.8 Å². The molecule has 1 aromatic rings. The van der Waals surface area contributed by atoms with E-state index in [-0.39, 0.29) is 0 Å². The van der Waals surface area contributed by atoms with Crippen molar-refractivity contribution < 1.29 is 9.53 Å². The Labute approximate surface area is 97.0 Å². The summed E-state index contributed by atoms with van der Waals surface area (Å²) in [6.45, 7) is 8.99. The number of hydrogen-bond acceptors (Lipinski definition) is 2. The molecule has 0 N–H and O–H groups in total. The summed E-state index contributed by atoms with van der Waals surface area (Å²) >= 11 is 3.29. The van der Waals surface area contributed by atoms with Crippen LogP contribution in [0.4, 0.5) is 0 Å². The molecule has 4 heteroatoms. The number of halogens is 1. The zero-order valence-electron chi connectivity index (χ0n) is 8.24. The Morgan fingerprint density at radius 1 is 1.53 bits per heavy atom. The molecule has 0 spiro atoms. The second-order valence-corrected chi connectivity index (χ2v) is 3.75. The summed E-state index contributed by atoms with van der Waals surface area (Å²) in [5, 5.41) is 0. The van der Waals surface area contributed by atoms with Gasteiger partial charge in [-0.3, -0.25) is 4.85 Å². The van der Waals surface area contributed by atoms with Crippen molar-refractivity contribution in [3.8, 4) is 0 Å². The number of hydrogen-bond donors (Lipinski definition) is 0. The molecule has 1 rings (SSSR count). The van der Waals surface area contributed by atoms with Crippen molar-refractivity contribution in [1.29, 1.82) is 0 Å². The van der Waals surface area contributed by atoms with Crippen LogP contribution in [0.3, 0.4) is 0 Å². The van der Waals surface area contributed by atoms with E-state index < -0.39 is 12.0 Å². The average Bonchev–Trinajstić information content (AvgIpc) is 2.22. The van der Waals surface area contributed by atoms with Crippen LogP contribution < -0.4 is 0 Å². The molecule has 1 aromatic carbocycles. The maximum Gasteiger partial charge on any atom is 0.395 e. The number of nitrogens with zero attached hydrogens (tertiary/aromatic N) is 1. The third kappa shape index (κ3) is 3.07. The van der Waals surface area contributed by atoms with Crippen LogP contribution in [0.15, 0.2) is 28.7 Å². The molecule has 0 saturated carbocycles. The van der Waals surface area contributed by atoms with Crippen LogP contribution in [-0.4, -0.2) is 12.6 Å². The first-order valence-corrected chi connectivity index (χ1v) is 5.27. The molecule has 78 valence electrons. The maximum atomic E-state index is 11.4. The molecule has 15 heavy (non-hydrogen) atoms. The Balaban J connectivity index is 2.89. The molecule has 0 aliphatic rings. The molecule has 1 atom stereocenters. The van der Waals surface area contributed by atoms with Crippen molar-refractivity contribution >= 4 is 21.9 Å². The van der Waals surface area contributed by atoms with Gasteiger partial charge in [-0.15, -0.1) is 0 Å². The molecule has 0 heterocycles. The lowest BCUT2D eigenvalue weighted by molar-refractivity contribution is -0.143. The predicted molar refractivity (Wildman–Crippen MR) is 60.1 cm³/mol. The van der Waals surface area contributed by atoms with Gasteiger partial charge in [-0.05, 0) is 31.2 Å². The molecular formula is C11H10BrNO2. The standard InChI is InChI=1S/C11H10BrNO2/c1-3-15-11(14)10(13-2)8-4-6-9(12)7-5-8/h4-7,10H,3H2,1H3. The van der Waals surface area contributed by atoms with Crippen molar-refractivity contribution in [2.75, 3.05) is 6.61 Å². The Bertz CT molecular complexity index is 381. The lowest BCUT2D eigenvalue weighted by Crippen LogP contribution is -2.12. The van der Waals surface area contributed by atoms with Gasteiger partial charge in [-0.2, -0.15) is 0 Å². The van der Waals surface area contributed by atoms with Crippen LogP contribution >= 0.6 is 15.9 Å². The van der Waals surface area contributed by atoms with Gasteiger partial charge in [0.1, 0.15) is 0 Å². The highest BCUT2D eigenvalue weighted by molar-refractivity contribution is 9.10. The minimum Gasteiger partial charge on any atom is -0.460 e. The third-order valence-corrected chi connectivity index (χ3v) is 2.35. The lowest BCUT2D eigenvalue weighted by atomic mass is 10.1. The van der Waals surface area contributed by atoms with Crippen LogP contribution in [0.2, 0.25) is 0 Å². The van der Waals surface area contributed by atoms with Crippen molar-refractivity contribution in [3.63, 3.8) is 0 Å². The van der Waals surface area contributed by atoms with E-state index in [4.69, 9.17) is 11.3 Å². The fourth-order valence-corrected chi connectivity index (χ4v) is 1.39. The van der Waals surface area contributed by atoms with Gasteiger partial charge in [-0.25, -0.2) is 11.4 Å². The molecule has 0 fully saturated rings. The van der Waals surface area contributed by atoms with E-state index in [1.165, 1.54) is 0 Å². The molecular weight excluding hydrogens is 258 g/mol. The maximum absolute atomic E-state index is 11.4. The SMILES string of the molecule is [C-]#[N+]C(C(=O)OCC)c1ccc(Br)cc1. The molecule has 3 nitrogen and oxygen atoms in total. The van der Waals surface area contributed by atoms with E-state index in [0.29, 0.717) is 12.2 Å². The first-order chi connectivity index (χ1) is 7.19. The second-order valence-electron chi connectivity index (χ2n) is 2.84. The number of rotatable bonds is 3. The van der Waals surface area contributed by atoms with Gasteiger partial charge in [0.15, 0.2) is 0 Å². The molecule has 1 unspecified atom stereocenters. The summed E-state index contributed by atoms with van der Waals surface area (Å²) in [6, 6.07) is 6.23. The van der Waals surface area contributed by atoms with Crippen LogP contribution in [0.1, 0.15) is 18.5 Å². The fraction of sp³-hybridized carbons (Fsp3) is 0.273. The highest BCUT2D eigenvalue weighted by Gasteiger charge is 2.26. The second kappa shape index (κ2) is 5.52. The van der Waals surface area contributed by atoms with E-state index in [9.17, 15) is 4.79 Å². The highest BCUT2D eigenvalue weighted by atomic mass is 79.9. The number of ether oxygens (including phenoxy) is 1. The normalized spacial score (nSPS) is 11.5. The van der Waals surface area contributed by atoms with E-state index in [0.717, 1.165) is 4.47 Å². The highest BCUT2D eigenvalue weighted by Crippen LogP contribution is 2.21. The van der Waals surface area contributed by atoms with Gasteiger partial charge in [0, 0.05) is 10.0 Å². The number of carbonyl (C=O) groups excluding carboxylic acids is 1. The van der Waals surface area contributed by atoms with Crippen LogP contribution in [0, 0.1) is 6.57 Å². The topological polar surface area (TPSA) is 30.7 Å². The van der Waals surface area contributed by atoms with Gasteiger partial charge >= 0.3 is 12.0 Å². The van der Waals surface area contributed by atoms with Crippen LogP contribution in [0.25, 0.3) is 4.85 Å². The zero-order valence-corrected chi connectivity index (χ0v) is 9.82. The third-order valence-electron chi connectivity index (χ3n) is 1.82. The van der Waals surface area contributed by atoms with E-state index in [1.54, 1.807) is 31.2 Å². The van der Waals surface area contributed by atoms with Crippen molar-refractivity contribution in [2.45, 2.75) is 13.0 Å². The van der Waals surface area contributed by atoms with E-state index in [1.807, 2.05) is 0 Å². The van der Waals surface area contributed by atoms with Crippen molar-refractivity contribution in [2.24, 2.45) is 0 Å². The summed E-state index contributed by atoms with van der Waals surface area (Å²) in [7, 11) is 0.